The second-order valence-corrected chi connectivity index (χ2v) is 9.65. The Morgan fingerprint density at radius 2 is 1.77 bits per heavy atom. The summed E-state index contributed by atoms with van der Waals surface area (Å²) < 4.78 is 5.49. The fraction of sp³-hybridized carbons (Fsp3) is 0.483. The molecule has 186 valence electrons. The monoisotopic (exact) mass is 476 g/mol. The minimum atomic E-state index is -0.688. The van der Waals surface area contributed by atoms with Crippen LogP contribution >= 0.6 is 0 Å². The predicted molar refractivity (Wildman–Crippen MR) is 137 cm³/mol. The van der Waals surface area contributed by atoms with Gasteiger partial charge in [0.2, 0.25) is 5.91 Å². The third-order valence-corrected chi connectivity index (χ3v) is 7.08. The second-order valence-electron chi connectivity index (χ2n) is 9.65. The number of piperidine rings is 1. The topological polar surface area (TPSA) is 89.7 Å². The third kappa shape index (κ3) is 6.49. The van der Waals surface area contributed by atoms with Crippen molar-refractivity contribution < 1.29 is 19.1 Å². The summed E-state index contributed by atoms with van der Waals surface area (Å²) in [6.07, 6.45) is 9.78. The summed E-state index contributed by atoms with van der Waals surface area (Å²) >= 11 is 0. The van der Waals surface area contributed by atoms with Crippen LogP contribution < -0.4 is 5.73 Å². The van der Waals surface area contributed by atoms with Gasteiger partial charge in [-0.1, -0.05) is 18.1 Å². The van der Waals surface area contributed by atoms with Crippen LogP contribution in [0.15, 0.2) is 36.6 Å². The van der Waals surface area contributed by atoms with Crippen LogP contribution in [0.3, 0.4) is 0 Å². The van der Waals surface area contributed by atoms with Gasteiger partial charge >= 0.3 is 0 Å². The van der Waals surface area contributed by atoms with Gasteiger partial charge in [0.1, 0.15) is 24.1 Å². The average molecular weight is 477 g/mol. The number of amides is 1. The number of aryl methyl sites for hydroxylation is 2. The molecule has 1 spiro atoms. The summed E-state index contributed by atoms with van der Waals surface area (Å²) in [5.41, 5.74) is 8.56. The van der Waals surface area contributed by atoms with E-state index in [1.54, 1.807) is 17.9 Å². The van der Waals surface area contributed by atoms with Crippen molar-refractivity contribution in [2.75, 3.05) is 26.3 Å². The molecule has 1 aliphatic carbocycles. The first-order valence-electron chi connectivity index (χ1n) is 12.3. The predicted octanol–water partition coefficient (Wildman–Crippen LogP) is 3.73. The minimum absolute atomic E-state index is 0.00224. The van der Waals surface area contributed by atoms with Crippen molar-refractivity contribution in [3.05, 3.63) is 58.8 Å². The molecule has 1 aliphatic heterocycles. The van der Waals surface area contributed by atoms with E-state index in [0.717, 1.165) is 22.3 Å². The number of nitrogens with two attached hydrogens (primary N) is 1. The number of carbonyl (C=O) groups excluding carboxylic acids is 3. The Hall–Kier alpha value is -3.17. The maximum absolute atomic E-state index is 13.3. The number of carbonyl (C=O) groups is 3. The lowest BCUT2D eigenvalue weighted by molar-refractivity contribution is -0.142. The molecule has 1 saturated carbocycles. The Bertz CT molecular complexity index is 1040. The molecule has 0 bridgehead atoms. The number of rotatable bonds is 7. The highest BCUT2D eigenvalue weighted by Gasteiger charge is 2.47. The maximum Gasteiger partial charge on any atom is 0.248 e. The van der Waals surface area contributed by atoms with Gasteiger partial charge in [0.25, 0.3) is 0 Å². The van der Waals surface area contributed by atoms with Gasteiger partial charge in [-0.15, -0.1) is 5.92 Å². The summed E-state index contributed by atoms with van der Waals surface area (Å²) in [5, 5.41) is 0. The van der Waals surface area contributed by atoms with Gasteiger partial charge in [-0.3, -0.25) is 14.4 Å². The van der Waals surface area contributed by atoms with Crippen molar-refractivity contribution in [3.8, 4) is 11.8 Å². The van der Waals surface area contributed by atoms with Crippen molar-refractivity contribution in [2.45, 2.75) is 58.8 Å². The van der Waals surface area contributed by atoms with E-state index in [4.69, 9.17) is 10.5 Å². The molecular formula is C29H36N2O4. The largest absolute Gasteiger partial charge is 0.405 e. The fourth-order valence-electron chi connectivity index (χ4n) is 5.38. The van der Waals surface area contributed by atoms with Crippen molar-refractivity contribution >= 4 is 17.5 Å². The van der Waals surface area contributed by atoms with E-state index in [-0.39, 0.29) is 29.5 Å². The van der Waals surface area contributed by atoms with Gasteiger partial charge in [-0.2, -0.15) is 0 Å². The highest BCUT2D eigenvalue weighted by molar-refractivity contribution is 6.10. The van der Waals surface area contributed by atoms with Crippen LogP contribution in [0, 0.1) is 31.1 Å². The van der Waals surface area contributed by atoms with Crippen molar-refractivity contribution in [1.82, 2.24) is 4.90 Å². The van der Waals surface area contributed by atoms with Crippen LogP contribution in [0.25, 0.3) is 0 Å². The van der Waals surface area contributed by atoms with E-state index < -0.39 is 5.92 Å². The zero-order valence-corrected chi connectivity index (χ0v) is 21.1. The van der Waals surface area contributed by atoms with Gasteiger partial charge < -0.3 is 15.4 Å². The summed E-state index contributed by atoms with van der Waals surface area (Å²) in [4.78, 5) is 40.9. The zero-order chi connectivity index (χ0) is 25.4. The number of ether oxygens (including phenoxy) is 1. The smallest absolute Gasteiger partial charge is 0.248 e. The molecule has 35 heavy (non-hydrogen) atoms. The van der Waals surface area contributed by atoms with E-state index in [2.05, 4.69) is 11.8 Å². The molecule has 6 heteroatoms. The SMILES string of the molecule is CC#Cc1cc(C)c(C2C(=O)CC3(CCN(C(=O)COCC/C=C\C=C/N)CC3)CC2=O)c(C)c1. The molecular weight excluding hydrogens is 440 g/mol. The van der Waals surface area contributed by atoms with Gasteiger partial charge in [0, 0.05) is 31.5 Å². The lowest BCUT2D eigenvalue weighted by Gasteiger charge is -2.44. The number of benzene rings is 1. The normalized spacial score (nSPS) is 18.4. The first kappa shape index (κ1) is 26.4. The van der Waals surface area contributed by atoms with Crippen LogP contribution in [-0.4, -0.2) is 48.7 Å². The number of allylic oxidation sites excluding steroid dienone is 2. The Morgan fingerprint density at radius 3 is 2.34 bits per heavy atom. The quantitative estimate of drug-likeness (QED) is 0.280. The summed E-state index contributed by atoms with van der Waals surface area (Å²) in [6.45, 7) is 7.31. The van der Waals surface area contributed by atoms with Crippen LogP contribution in [0.5, 0.6) is 0 Å². The first-order chi connectivity index (χ1) is 16.8. The highest BCUT2D eigenvalue weighted by Crippen LogP contribution is 2.46. The molecule has 2 N–H and O–H groups in total. The molecule has 6 nitrogen and oxygen atoms in total. The Balaban J connectivity index is 1.57. The van der Waals surface area contributed by atoms with Gasteiger partial charge in [0.15, 0.2) is 0 Å². The number of likely N-dealkylation sites (tertiary alicyclic amines) is 1. The van der Waals surface area contributed by atoms with E-state index in [1.165, 1.54) is 6.20 Å². The molecule has 1 aromatic rings. The lowest BCUT2D eigenvalue weighted by Crippen LogP contribution is -2.49. The van der Waals surface area contributed by atoms with Crippen molar-refractivity contribution in [1.29, 1.82) is 0 Å². The molecule has 3 rings (SSSR count). The van der Waals surface area contributed by atoms with Crippen LogP contribution in [0.4, 0.5) is 0 Å². The average Bonchev–Trinajstić information content (AvgIpc) is 2.80. The third-order valence-electron chi connectivity index (χ3n) is 7.08. The molecule has 1 heterocycles. The van der Waals surface area contributed by atoms with Crippen LogP contribution in [0.1, 0.15) is 67.2 Å². The number of hydrogen-bond donors (Lipinski definition) is 1. The maximum atomic E-state index is 13.3. The number of hydrogen-bond acceptors (Lipinski definition) is 5. The van der Waals surface area contributed by atoms with E-state index >= 15 is 0 Å². The molecule has 0 radical (unpaired) electrons. The van der Waals surface area contributed by atoms with Crippen LogP contribution in [0.2, 0.25) is 0 Å². The Kier molecular flexibility index (Phi) is 9.06. The van der Waals surface area contributed by atoms with Gasteiger partial charge in [0.05, 0.1) is 6.61 Å². The minimum Gasteiger partial charge on any atom is -0.405 e. The lowest BCUT2D eigenvalue weighted by atomic mass is 9.62. The Morgan fingerprint density at radius 1 is 1.14 bits per heavy atom. The standard InChI is InChI=1S/C29H36N2O4/c1-4-9-23-16-21(2)27(22(3)17-23)28-24(32)18-29(19-25(28)33)10-13-31(14-11-29)26(34)20-35-15-8-6-5-7-12-30/h5-7,12,16-17,28H,8,10-11,13-15,18-20,30H2,1-3H3/b6-5-,12-7-. The van der Waals surface area contributed by atoms with Crippen molar-refractivity contribution in [2.24, 2.45) is 11.1 Å². The molecule has 1 aromatic carbocycles. The number of nitrogens with zero attached hydrogens (tertiary/aromatic N) is 1. The second kappa shape index (κ2) is 12.0. The molecule has 1 amide bonds. The van der Waals surface area contributed by atoms with E-state index in [1.807, 2.05) is 38.1 Å². The van der Waals surface area contributed by atoms with Gasteiger partial charge in [-0.25, -0.2) is 0 Å². The molecule has 2 aliphatic rings. The zero-order valence-electron chi connectivity index (χ0n) is 21.1. The molecule has 0 aromatic heterocycles. The van der Waals surface area contributed by atoms with Crippen LogP contribution in [-0.2, 0) is 19.1 Å². The summed E-state index contributed by atoms with van der Waals surface area (Å²) in [5.74, 6) is 5.23. The number of ketones is 2. The first-order valence-corrected chi connectivity index (χ1v) is 12.3. The van der Waals surface area contributed by atoms with E-state index in [0.29, 0.717) is 51.8 Å². The van der Waals surface area contributed by atoms with Gasteiger partial charge in [-0.05, 0) is 86.5 Å². The number of Topliss-reactive ketones (excluding diaryl/α,β-unsaturated/α-hetero) is 2. The molecule has 0 atom stereocenters. The molecule has 1 saturated heterocycles. The Labute approximate surface area is 208 Å². The highest BCUT2D eigenvalue weighted by atomic mass is 16.5. The summed E-state index contributed by atoms with van der Waals surface area (Å²) in [7, 11) is 0. The van der Waals surface area contributed by atoms with E-state index in [9.17, 15) is 14.4 Å². The molecule has 0 unspecified atom stereocenters. The van der Waals surface area contributed by atoms with Crippen molar-refractivity contribution in [3.63, 3.8) is 0 Å². The summed E-state index contributed by atoms with van der Waals surface area (Å²) in [6, 6.07) is 3.92. The molecule has 2 fully saturated rings. The fourth-order valence-corrected chi connectivity index (χ4v) is 5.38.